The maximum Gasteiger partial charge on any atom is 0.223 e. The normalized spacial score (nSPS) is 22.6. The third-order valence-electron chi connectivity index (χ3n) is 3.09. The second kappa shape index (κ2) is 4.56. The van der Waals surface area contributed by atoms with Crippen LogP contribution in [0.2, 0.25) is 0 Å². The van der Waals surface area contributed by atoms with E-state index in [1.54, 1.807) is 7.11 Å². The highest BCUT2D eigenvalue weighted by atomic mass is 16.5. The molecule has 1 N–H and O–H groups in total. The van der Waals surface area contributed by atoms with Gasteiger partial charge >= 0.3 is 0 Å². The first-order valence-corrected chi connectivity index (χ1v) is 5.62. The molecule has 3 nitrogen and oxygen atoms in total. The van der Waals surface area contributed by atoms with Crippen LogP contribution in [0.15, 0.2) is 24.3 Å². The molecule has 0 radical (unpaired) electrons. The van der Waals surface area contributed by atoms with E-state index in [1.807, 2.05) is 24.3 Å². The van der Waals surface area contributed by atoms with Crippen molar-refractivity contribution in [3.63, 3.8) is 0 Å². The Morgan fingerprint density at radius 3 is 2.81 bits per heavy atom. The Bertz CT molecular complexity index is 389. The lowest BCUT2D eigenvalue weighted by atomic mass is 10.2. The van der Waals surface area contributed by atoms with E-state index in [4.69, 9.17) is 4.74 Å². The van der Waals surface area contributed by atoms with Gasteiger partial charge in [-0.2, -0.15) is 0 Å². The molecule has 1 aromatic rings. The summed E-state index contributed by atoms with van der Waals surface area (Å²) in [6.45, 7) is 2.65. The first-order valence-electron chi connectivity index (χ1n) is 5.62. The van der Waals surface area contributed by atoms with Crippen molar-refractivity contribution < 1.29 is 9.53 Å². The summed E-state index contributed by atoms with van der Waals surface area (Å²) in [7, 11) is 1.64. The number of amides is 1. The summed E-state index contributed by atoms with van der Waals surface area (Å²) in [5.41, 5.74) is 1.02. The van der Waals surface area contributed by atoms with Crippen LogP contribution in [0.4, 0.5) is 0 Å². The monoisotopic (exact) mass is 219 g/mol. The summed E-state index contributed by atoms with van der Waals surface area (Å²) >= 11 is 0. The zero-order valence-corrected chi connectivity index (χ0v) is 9.69. The number of hydrogen-bond acceptors (Lipinski definition) is 2. The Kier molecular flexibility index (Phi) is 3.13. The van der Waals surface area contributed by atoms with E-state index in [-0.39, 0.29) is 11.8 Å². The second-order valence-corrected chi connectivity index (χ2v) is 4.35. The molecule has 2 unspecified atom stereocenters. The van der Waals surface area contributed by atoms with Crippen LogP contribution in [0.3, 0.4) is 0 Å². The van der Waals surface area contributed by atoms with E-state index >= 15 is 0 Å². The molecule has 0 spiro atoms. The summed E-state index contributed by atoms with van der Waals surface area (Å²) in [5, 5.41) is 2.95. The first kappa shape index (κ1) is 11.0. The minimum Gasteiger partial charge on any atom is -0.496 e. The van der Waals surface area contributed by atoms with Crippen LogP contribution in [-0.2, 0) is 11.3 Å². The number of nitrogens with one attached hydrogen (secondary N) is 1. The van der Waals surface area contributed by atoms with Gasteiger partial charge in [-0.05, 0) is 18.4 Å². The van der Waals surface area contributed by atoms with Gasteiger partial charge < -0.3 is 10.1 Å². The summed E-state index contributed by atoms with van der Waals surface area (Å²) in [6.07, 6.45) is 1.03. The maximum absolute atomic E-state index is 11.6. The Hall–Kier alpha value is -1.51. The van der Waals surface area contributed by atoms with E-state index in [0.717, 1.165) is 17.7 Å². The minimum atomic E-state index is 0.165. The van der Waals surface area contributed by atoms with Gasteiger partial charge in [0.2, 0.25) is 5.91 Å². The quantitative estimate of drug-likeness (QED) is 0.840. The molecule has 1 amide bonds. The van der Waals surface area contributed by atoms with Crippen molar-refractivity contribution >= 4 is 5.91 Å². The Balaban J connectivity index is 1.91. The highest BCUT2D eigenvalue weighted by Crippen LogP contribution is 2.37. The molecule has 2 rings (SSSR count). The van der Waals surface area contributed by atoms with E-state index < -0.39 is 0 Å². The number of benzene rings is 1. The van der Waals surface area contributed by atoms with Gasteiger partial charge in [-0.1, -0.05) is 25.1 Å². The Morgan fingerprint density at radius 1 is 1.50 bits per heavy atom. The molecule has 0 aromatic heterocycles. The smallest absolute Gasteiger partial charge is 0.223 e. The molecule has 16 heavy (non-hydrogen) atoms. The van der Waals surface area contributed by atoms with Crippen LogP contribution in [0.5, 0.6) is 5.75 Å². The fourth-order valence-electron chi connectivity index (χ4n) is 1.85. The Morgan fingerprint density at radius 2 is 2.19 bits per heavy atom. The van der Waals surface area contributed by atoms with Crippen LogP contribution in [-0.4, -0.2) is 13.0 Å². The van der Waals surface area contributed by atoms with Crippen LogP contribution in [0.1, 0.15) is 18.9 Å². The average Bonchev–Trinajstić information content (AvgIpc) is 3.04. The number of carbonyl (C=O) groups excluding carboxylic acids is 1. The van der Waals surface area contributed by atoms with Crippen LogP contribution in [0, 0.1) is 11.8 Å². The number of hydrogen-bond donors (Lipinski definition) is 1. The van der Waals surface area contributed by atoms with Gasteiger partial charge in [0.05, 0.1) is 7.11 Å². The van der Waals surface area contributed by atoms with Gasteiger partial charge in [-0.3, -0.25) is 4.79 Å². The fraction of sp³-hybridized carbons (Fsp3) is 0.462. The molecule has 2 atom stereocenters. The summed E-state index contributed by atoms with van der Waals surface area (Å²) in [6, 6.07) is 7.74. The van der Waals surface area contributed by atoms with E-state index in [0.29, 0.717) is 12.5 Å². The lowest BCUT2D eigenvalue weighted by Crippen LogP contribution is -2.25. The molecule has 1 aliphatic rings. The summed E-state index contributed by atoms with van der Waals surface area (Å²) in [5.74, 6) is 1.78. The lowest BCUT2D eigenvalue weighted by Gasteiger charge is -2.09. The van der Waals surface area contributed by atoms with E-state index in [9.17, 15) is 4.79 Å². The van der Waals surface area contributed by atoms with E-state index in [1.165, 1.54) is 0 Å². The van der Waals surface area contributed by atoms with E-state index in [2.05, 4.69) is 12.2 Å². The van der Waals surface area contributed by atoms with Crippen molar-refractivity contribution in [2.75, 3.05) is 7.11 Å². The Labute approximate surface area is 95.8 Å². The number of methoxy groups -OCH3 is 1. The standard InChI is InChI=1S/C13H17NO2/c1-9-7-11(9)13(15)14-8-10-5-3-4-6-12(10)16-2/h3-6,9,11H,7-8H2,1-2H3,(H,14,15). The molecular weight excluding hydrogens is 202 g/mol. The third-order valence-corrected chi connectivity index (χ3v) is 3.09. The van der Waals surface area contributed by atoms with Crippen LogP contribution >= 0.6 is 0 Å². The van der Waals surface area contributed by atoms with Gasteiger partial charge in [0.25, 0.3) is 0 Å². The number of carbonyl (C=O) groups is 1. The van der Waals surface area contributed by atoms with Gasteiger partial charge in [-0.15, -0.1) is 0 Å². The van der Waals surface area contributed by atoms with Crippen molar-refractivity contribution in [1.82, 2.24) is 5.32 Å². The maximum atomic E-state index is 11.6. The molecule has 1 aromatic carbocycles. The average molecular weight is 219 g/mol. The van der Waals surface area contributed by atoms with Crippen LogP contribution in [0.25, 0.3) is 0 Å². The molecular formula is C13H17NO2. The molecule has 86 valence electrons. The zero-order valence-electron chi connectivity index (χ0n) is 9.69. The third kappa shape index (κ3) is 2.35. The summed E-state index contributed by atoms with van der Waals surface area (Å²) < 4.78 is 5.22. The molecule has 1 saturated carbocycles. The van der Waals surface area contributed by atoms with Crippen molar-refractivity contribution in [2.24, 2.45) is 11.8 Å². The number of para-hydroxylation sites is 1. The largest absolute Gasteiger partial charge is 0.496 e. The summed E-state index contributed by atoms with van der Waals surface area (Å²) in [4.78, 5) is 11.6. The molecule has 1 fully saturated rings. The SMILES string of the molecule is COc1ccccc1CNC(=O)C1CC1C. The fourth-order valence-corrected chi connectivity index (χ4v) is 1.85. The molecule has 1 aliphatic carbocycles. The number of rotatable bonds is 4. The zero-order chi connectivity index (χ0) is 11.5. The first-order chi connectivity index (χ1) is 7.72. The van der Waals surface area contributed by atoms with Crippen LogP contribution < -0.4 is 10.1 Å². The van der Waals surface area contributed by atoms with Gasteiger partial charge in [0.1, 0.15) is 5.75 Å². The molecule has 0 bridgehead atoms. The minimum absolute atomic E-state index is 0.165. The predicted molar refractivity (Wildman–Crippen MR) is 62.1 cm³/mol. The highest BCUT2D eigenvalue weighted by molar-refractivity contribution is 5.81. The topological polar surface area (TPSA) is 38.3 Å². The molecule has 3 heteroatoms. The predicted octanol–water partition coefficient (Wildman–Crippen LogP) is 1.97. The lowest BCUT2D eigenvalue weighted by molar-refractivity contribution is -0.122. The van der Waals surface area contributed by atoms with Crippen molar-refractivity contribution in [3.05, 3.63) is 29.8 Å². The van der Waals surface area contributed by atoms with Gasteiger partial charge in [0.15, 0.2) is 0 Å². The van der Waals surface area contributed by atoms with Crippen molar-refractivity contribution in [3.8, 4) is 5.75 Å². The van der Waals surface area contributed by atoms with Crippen molar-refractivity contribution in [1.29, 1.82) is 0 Å². The number of ether oxygens (including phenoxy) is 1. The molecule has 0 saturated heterocycles. The molecule has 0 aliphatic heterocycles. The van der Waals surface area contributed by atoms with Gasteiger partial charge in [-0.25, -0.2) is 0 Å². The van der Waals surface area contributed by atoms with Gasteiger partial charge in [0, 0.05) is 18.0 Å². The highest BCUT2D eigenvalue weighted by Gasteiger charge is 2.38. The van der Waals surface area contributed by atoms with Crippen molar-refractivity contribution in [2.45, 2.75) is 19.9 Å². The second-order valence-electron chi connectivity index (χ2n) is 4.35. The molecule has 0 heterocycles.